The lowest BCUT2D eigenvalue weighted by molar-refractivity contribution is -0.242. The van der Waals surface area contributed by atoms with Gasteiger partial charge in [-0.2, -0.15) is 13.2 Å². The van der Waals surface area contributed by atoms with E-state index in [0.717, 1.165) is 30.3 Å². The van der Waals surface area contributed by atoms with Gasteiger partial charge < -0.3 is 15.4 Å². The van der Waals surface area contributed by atoms with Gasteiger partial charge in [-0.05, 0) is 25.1 Å². The van der Waals surface area contributed by atoms with Crippen LogP contribution in [0.3, 0.4) is 0 Å². The molecule has 3 rings (SSSR count). The summed E-state index contributed by atoms with van der Waals surface area (Å²) in [5, 5.41) is 11.3. The van der Waals surface area contributed by atoms with Gasteiger partial charge in [0.25, 0.3) is 5.91 Å². The molecule has 0 saturated carbocycles. The standard InChI is InChI=1S/C17H13F3N2O6S/c1-16(26,17(18,19)20)15(25)22-9-3-2-4-11-13(9)14(24)8-5-6-12(23)21-10(8)7-29(11,27)28/h2-6,26H,7H2,1H3,(H,21,23)(H,22,25). The summed E-state index contributed by atoms with van der Waals surface area (Å²) in [6.07, 6.45) is -5.31. The van der Waals surface area contributed by atoms with Gasteiger partial charge in [0.05, 0.1) is 21.9 Å². The summed E-state index contributed by atoms with van der Waals surface area (Å²) in [7, 11) is -4.19. The van der Waals surface area contributed by atoms with Crippen LogP contribution in [-0.2, 0) is 20.4 Å². The lowest BCUT2D eigenvalue weighted by Gasteiger charge is -2.25. The molecule has 0 spiro atoms. The summed E-state index contributed by atoms with van der Waals surface area (Å²) in [6.45, 7) is 0.225. The smallest absolute Gasteiger partial charge is 0.373 e. The Labute approximate surface area is 161 Å². The number of aromatic amines is 1. The van der Waals surface area contributed by atoms with Gasteiger partial charge in [0.1, 0.15) is 0 Å². The number of aliphatic hydroxyl groups is 1. The Kier molecular flexibility index (Phi) is 4.67. The number of H-pyrrole nitrogens is 1. The Bertz CT molecular complexity index is 1200. The second-order valence-electron chi connectivity index (χ2n) is 6.51. The fraction of sp³-hybridized carbons (Fsp3) is 0.235. The first-order chi connectivity index (χ1) is 13.3. The number of alkyl halides is 3. The van der Waals surface area contributed by atoms with Crippen LogP contribution in [0.2, 0.25) is 0 Å². The van der Waals surface area contributed by atoms with Gasteiger partial charge in [0, 0.05) is 17.3 Å². The molecule has 154 valence electrons. The molecule has 12 heteroatoms. The van der Waals surface area contributed by atoms with Gasteiger partial charge in [0.15, 0.2) is 15.6 Å². The number of aromatic nitrogens is 1. The highest BCUT2D eigenvalue weighted by Crippen LogP contribution is 2.35. The maximum atomic E-state index is 13.0. The number of benzene rings is 1. The first kappa shape index (κ1) is 20.7. The second-order valence-corrected chi connectivity index (χ2v) is 8.46. The van der Waals surface area contributed by atoms with Crippen molar-refractivity contribution in [3.05, 3.63) is 57.5 Å². The molecule has 2 heterocycles. The molecule has 29 heavy (non-hydrogen) atoms. The summed E-state index contributed by atoms with van der Waals surface area (Å²) in [4.78, 5) is 38.2. The van der Waals surface area contributed by atoms with Gasteiger partial charge in [-0.15, -0.1) is 0 Å². The highest BCUT2D eigenvalue weighted by Gasteiger charge is 2.56. The number of sulfone groups is 1. The van der Waals surface area contributed by atoms with Crippen LogP contribution in [0.25, 0.3) is 0 Å². The van der Waals surface area contributed by atoms with E-state index >= 15 is 0 Å². The average molecular weight is 430 g/mol. The molecule has 1 aromatic heterocycles. The van der Waals surface area contributed by atoms with Crippen LogP contribution in [0.4, 0.5) is 18.9 Å². The number of carbonyl (C=O) groups is 2. The second kappa shape index (κ2) is 6.52. The number of anilines is 1. The van der Waals surface area contributed by atoms with Gasteiger partial charge in [-0.3, -0.25) is 14.4 Å². The number of halogens is 3. The van der Waals surface area contributed by atoms with E-state index in [0.29, 0.717) is 0 Å². The third-order valence-electron chi connectivity index (χ3n) is 4.41. The first-order valence-electron chi connectivity index (χ1n) is 7.99. The van der Waals surface area contributed by atoms with E-state index in [2.05, 4.69) is 4.98 Å². The topological polar surface area (TPSA) is 133 Å². The van der Waals surface area contributed by atoms with E-state index < -0.39 is 60.8 Å². The van der Waals surface area contributed by atoms with Crippen molar-refractivity contribution < 1.29 is 36.3 Å². The number of nitrogens with one attached hydrogen (secondary N) is 2. The van der Waals surface area contributed by atoms with Crippen LogP contribution in [0.1, 0.15) is 28.5 Å². The van der Waals surface area contributed by atoms with Gasteiger partial charge >= 0.3 is 6.18 Å². The molecule has 2 aromatic rings. The largest absolute Gasteiger partial charge is 0.426 e. The molecule has 0 bridgehead atoms. The summed E-state index contributed by atoms with van der Waals surface area (Å²) < 4.78 is 64.1. The third-order valence-corrected chi connectivity index (χ3v) is 6.09. The molecular formula is C17H13F3N2O6S. The molecule has 1 aliphatic heterocycles. The maximum Gasteiger partial charge on any atom is 0.426 e. The zero-order chi connectivity index (χ0) is 21.8. The van der Waals surface area contributed by atoms with E-state index in [1.807, 2.05) is 0 Å². The summed E-state index contributed by atoms with van der Waals surface area (Å²) in [5.41, 5.74) is -5.89. The zero-order valence-electron chi connectivity index (χ0n) is 14.6. The fourth-order valence-corrected chi connectivity index (χ4v) is 4.31. The Hall–Kier alpha value is -2.99. The Morgan fingerprint density at radius 2 is 1.83 bits per heavy atom. The van der Waals surface area contributed by atoms with Crippen LogP contribution >= 0.6 is 0 Å². The highest BCUT2D eigenvalue weighted by molar-refractivity contribution is 7.90. The first-order valence-corrected chi connectivity index (χ1v) is 9.64. The molecule has 1 aliphatic rings. The molecule has 1 aromatic carbocycles. The molecule has 0 saturated heterocycles. The lowest BCUT2D eigenvalue weighted by Crippen LogP contribution is -2.52. The van der Waals surface area contributed by atoms with E-state index in [1.54, 1.807) is 5.32 Å². The molecule has 0 fully saturated rings. The van der Waals surface area contributed by atoms with Crippen LogP contribution in [0.5, 0.6) is 0 Å². The summed E-state index contributed by atoms with van der Waals surface area (Å²) in [6, 6.07) is 5.30. The number of carbonyl (C=O) groups excluding carboxylic acids is 2. The Morgan fingerprint density at radius 3 is 2.45 bits per heavy atom. The fourth-order valence-electron chi connectivity index (χ4n) is 2.75. The number of hydrogen-bond donors (Lipinski definition) is 3. The van der Waals surface area contributed by atoms with Crippen molar-refractivity contribution in [1.82, 2.24) is 4.98 Å². The zero-order valence-corrected chi connectivity index (χ0v) is 15.4. The minimum atomic E-state index is -5.31. The Balaban J connectivity index is 2.20. The van der Waals surface area contributed by atoms with Crippen molar-refractivity contribution in [3.63, 3.8) is 0 Å². The number of pyridine rings is 1. The number of ketones is 1. The van der Waals surface area contributed by atoms with Crippen molar-refractivity contribution in [3.8, 4) is 0 Å². The molecule has 1 atom stereocenters. The van der Waals surface area contributed by atoms with Crippen molar-refractivity contribution in [2.75, 3.05) is 5.32 Å². The van der Waals surface area contributed by atoms with Crippen molar-refractivity contribution in [1.29, 1.82) is 0 Å². The monoisotopic (exact) mass is 430 g/mol. The number of hydrogen-bond acceptors (Lipinski definition) is 6. The Morgan fingerprint density at radius 1 is 1.17 bits per heavy atom. The summed E-state index contributed by atoms with van der Waals surface area (Å²) in [5.74, 6) is -3.54. The lowest BCUT2D eigenvalue weighted by atomic mass is 9.99. The quantitative estimate of drug-likeness (QED) is 0.655. The molecule has 1 unspecified atom stereocenters. The molecule has 3 N–H and O–H groups in total. The SMILES string of the molecule is CC(O)(C(=O)Nc1cccc2c1C(=O)c1ccc(=O)[nH]c1CS2(=O)=O)C(F)(F)F. The maximum absolute atomic E-state index is 13.0. The average Bonchev–Trinajstić information content (AvgIpc) is 2.67. The number of fused-ring (bicyclic) bond motifs is 2. The van der Waals surface area contributed by atoms with E-state index in [1.165, 1.54) is 0 Å². The molecule has 8 nitrogen and oxygen atoms in total. The number of amides is 1. The van der Waals surface area contributed by atoms with Crippen LogP contribution in [0, 0.1) is 0 Å². The minimum Gasteiger partial charge on any atom is -0.373 e. The van der Waals surface area contributed by atoms with E-state index in [4.69, 9.17) is 0 Å². The predicted molar refractivity (Wildman–Crippen MR) is 93.1 cm³/mol. The van der Waals surface area contributed by atoms with Crippen LogP contribution < -0.4 is 10.9 Å². The molecule has 0 aliphatic carbocycles. The van der Waals surface area contributed by atoms with Crippen molar-refractivity contribution >= 4 is 27.2 Å². The summed E-state index contributed by atoms with van der Waals surface area (Å²) >= 11 is 0. The van der Waals surface area contributed by atoms with Crippen molar-refractivity contribution in [2.45, 2.75) is 29.3 Å². The molecule has 1 amide bonds. The van der Waals surface area contributed by atoms with Crippen LogP contribution in [-0.4, -0.2) is 42.0 Å². The minimum absolute atomic E-state index is 0.182. The van der Waals surface area contributed by atoms with E-state index in [9.17, 15) is 41.1 Å². The molecule has 0 radical (unpaired) electrons. The van der Waals surface area contributed by atoms with Crippen LogP contribution in [0.15, 0.2) is 40.0 Å². The normalized spacial score (nSPS) is 17.5. The molecular weight excluding hydrogens is 417 g/mol. The van der Waals surface area contributed by atoms with Gasteiger partial charge in [-0.1, -0.05) is 6.07 Å². The van der Waals surface area contributed by atoms with E-state index in [-0.39, 0.29) is 18.2 Å². The third kappa shape index (κ3) is 3.44. The van der Waals surface area contributed by atoms with Crippen molar-refractivity contribution in [2.24, 2.45) is 0 Å². The van der Waals surface area contributed by atoms with Gasteiger partial charge in [0.2, 0.25) is 11.2 Å². The van der Waals surface area contributed by atoms with Gasteiger partial charge in [-0.25, -0.2) is 8.42 Å². The highest BCUT2D eigenvalue weighted by atomic mass is 32.2. The predicted octanol–water partition coefficient (Wildman–Crippen LogP) is 1.15. The number of rotatable bonds is 2.